The Balaban J connectivity index is 3.50. The Morgan fingerprint density at radius 3 is 2.35 bits per heavy atom. The Bertz CT molecular complexity index is 336. The average molecular weight is 271 g/mol. The van der Waals surface area contributed by atoms with Crippen molar-refractivity contribution in [1.29, 1.82) is 0 Å². The zero-order valence-electron chi connectivity index (χ0n) is 10.2. The van der Waals surface area contributed by atoms with Crippen molar-refractivity contribution in [3.8, 4) is 0 Å². The third-order valence-corrected chi connectivity index (χ3v) is 2.04. The monoisotopic (exact) mass is 271 g/mol. The minimum absolute atomic E-state index is 0.0920. The summed E-state index contributed by atoms with van der Waals surface area (Å²) in [5.41, 5.74) is -0.576. The van der Waals surface area contributed by atoms with Crippen LogP contribution in [0.15, 0.2) is 0 Å². The quantitative estimate of drug-likeness (QED) is 0.571. The third-order valence-electron chi connectivity index (χ3n) is 1.39. The van der Waals surface area contributed by atoms with E-state index < -0.39 is 27.7 Å². The molecule has 6 nitrogen and oxygen atoms in total. The maximum atomic E-state index is 12.0. The molecule has 0 spiro atoms. The highest BCUT2D eigenvalue weighted by Gasteiger charge is 2.15. The van der Waals surface area contributed by atoms with E-state index in [-0.39, 0.29) is 19.8 Å². The maximum Gasteiger partial charge on any atom is 0.407 e. The summed E-state index contributed by atoms with van der Waals surface area (Å²) in [6.45, 7) is 5.21. The summed E-state index contributed by atoms with van der Waals surface area (Å²) in [5.74, 6) is -0.681. The molecule has 0 aromatic rings. The number of halogens is 1. The van der Waals surface area contributed by atoms with Gasteiger partial charge >= 0.3 is 16.3 Å². The Hall–Kier alpha value is -0.890. The fourth-order valence-corrected chi connectivity index (χ4v) is 1.12. The van der Waals surface area contributed by atoms with Gasteiger partial charge in [-0.1, -0.05) is 0 Å². The van der Waals surface area contributed by atoms with E-state index in [9.17, 15) is 17.1 Å². The summed E-state index contributed by atoms with van der Waals surface area (Å²) in [4.78, 5) is 11.1. The number of nitrogens with one attached hydrogen (secondary N) is 1. The number of amides is 1. The fourth-order valence-electron chi connectivity index (χ4n) is 0.800. The van der Waals surface area contributed by atoms with Crippen molar-refractivity contribution in [2.45, 2.75) is 26.4 Å². The first kappa shape index (κ1) is 16.1. The number of rotatable bonds is 6. The second kappa shape index (κ2) is 6.75. The molecule has 102 valence electrons. The molecule has 0 radical (unpaired) electrons. The van der Waals surface area contributed by atoms with Gasteiger partial charge in [0, 0.05) is 6.54 Å². The molecule has 1 amide bonds. The number of carbonyl (C=O) groups is 1. The van der Waals surface area contributed by atoms with Crippen LogP contribution in [0.3, 0.4) is 0 Å². The zero-order chi connectivity index (χ0) is 13.5. The molecule has 0 aliphatic heterocycles. The zero-order valence-corrected chi connectivity index (χ0v) is 11.0. The lowest BCUT2D eigenvalue weighted by atomic mass is 10.2. The van der Waals surface area contributed by atoms with Gasteiger partial charge in [-0.15, -0.1) is 3.89 Å². The van der Waals surface area contributed by atoms with E-state index >= 15 is 0 Å². The van der Waals surface area contributed by atoms with Crippen LogP contribution < -0.4 is 5.32 Å². The van der Waals surface area contributed by atoms with Crippen molar-refractivity contribution < 1.29 is 26.6 Å². The highest BCUT2D eigenvalue weighted by Crippen LogP contribution is 2.05. The summed E-state index contributed by atoms with van der Waals surface area (Å²) in [6.07, 6.45) is -0.584. The first-order valence-electron chi connectivity index (χ1n) is 5.07. The van der Waals surface area contributed by atoms with Crippen molar-refractivity contribution >= 4 is 16.3 Å². The van der Waals surface area contributed by atoms with Crippen LogP contribution >= 0.6 is 0 Å². The smallest absolute Gasteiger partial charge is 0.407 e. The van der Waals surface area contributed by atoms with Gasteiger partial charge in [-0.2, -0.15) is 8.42 Å². The molecule has 0 atom stereocenters. The second-order valence-electron chi connectivity index (χ2n) is 4.28. The standard InChI is InChI=1S/C9H18FNO5S/c1-9(2,3)16-8(12)11-4-5-15-6-7-17(10,13)14/h4-7H2,1-3H3,(H,11,12). The van der Waals surface area contributed by atoms with Gasteiger partial charge in [-0.3, -0.25) is 0 Å². The highest BCUT2D eigenvalue weighted by molar-refractivity contribution is 7.86. The van der Waals surface area contributed by atoms with Gasteiger partial charge in [-0.05, 0) is 20.8 Å². The molecule has 1 N–H and O–H groups in total. The molecule has 0 fully saturated rings. The number of hydrogen-bond donors (Lipinski definition) is 1. The van der Waals surface area contributed by atoms with Gasteiger partial charge in [0.15, 0.2) is 0 Å². The Morgan fingerprint density at radius 2 is 1.88 bits per heavy atom. The fraction of sp³-hybridized carbons (Fsp3) is 0.889. The lowest BCUT2D eigenvalue weighted by Gasteiger charge is -2.19. The Kier molecular flexibility index (Phi) is 6.40. The molecule has 0 heterocycles. The summed E-state index contributed by atoms with van der Waals surface area (Å²) < 4.78 is 41.9. The van der Waals surface area contributed by atoms with Crippen molar-refractivity contribution in [1.82, 2.24) is 5.32 Å². The predicted octanol–water partition coefficient (Wildman–Crippen LogP) is 0.827. The molecular formula is C9H18FNO5S. The molecule has 0 rings (SSSR count). The van der Waals surface area contributed by atoms with Crippen LogP contribution in [0.4, 0.5) is 8.68 Å². The third kappa shape index (κ3) is 13.0. The Morgan fingerprint density at radius 1 is 1.29 bits per heavy atom. The Labute approximate surface area is 101 Å². The maximum absolute atomic E-state index is 12.0. The van der Waals surface area contributed by atoms with E-state index in [1.165, 1.54) is 0 Å². The van der Waals surface area contributed by atoms with Gasteiger partial charge in [0.05, 0.1) is 13.2 Å². The molecule has 0 saturated carbocycles. The van der Waals surface area contributed by atoms with E-state index in [1.54, 1.807) is 20.8 Å². The van der Waals surface area contributed by atoms with Crippen LogP contribution in [0.5, 0.6) is 0 Å². The molecule has 0 aliphatic carbocycles. The lowest BCUT2D eigenvalue weighted by molar-refractivity contribution is 0.0503. The van der Waals surface area contributed by atoms with E-state index in [1.807, 2.05) is 0 Å². The van der Waals surface area contributed by atoms with Gasteiger partial charge in [-0.25, -0.2) is 4.79 Å². The van der Waals surface area contributed by atoms with Crippen LogP contribution in [0.1, 0.15) is 20.8 Å². The van der Waals surface area contributed by atoms with Crippen molar-refractivity contribution in [2.24, 2.45) is 0 Å². The number of ether oxygens (including phenoxy) is 2. The minimum atomic E-state index is -4.49. The second-order valence-corrected chi connectivity index (χ2v) is 5.77. The van der Waals surface area contributed by atoms with E-state index in [4.69, 9.17) is 9.47 Å². The van der Waals surface area contributed by atoms with Gasteiger partial charge < -0.3 is 14.8 Å². The van der Waals surface area contributed by atoms with Crippen LogP contribution in [-0.4, -0.2) is 45.6 Å². The van der Waals surface area contributed by atoms with Crippen molar-refractivity contribution in [2.75, 3.05) is 25.5 Å². The van der Waals surface area contributed by atoms with E-state index in [0.29, 0.717) is 0 Å². The topological polar surface area (TPSA) is 81.7 Å². The normalized spacial score (nSPS) is 12.2. The molecule has 0 aliphatic rings. The number of hydrogen-bond acceptors (Lipinski definition) is 5. The number of alkyl carbamates (subject to hydrolysis) is 1. The minimum Gasteiger partial charge on any atom is -0.444 e. The van der Waals surface area contributed by atoms with Crippen LogP contribution in [-0.2, 0) is 19.7 Å². The first-order valence-corrected chi connectivity index (χ1v) is 6.62. The van der Waals surface area contributed by atoms with E-state index in [0.717, 1.165) is 0 Å². The van der Waals surface area contributed by atoms with Crippen molar-refractivity contribution in [3.05, 3.63) is 0 Å². The highest BCUT2D eigenvalue weighted by atomic mass is 32.3. The molecule has 8 heteroatoms. The lowest BCUT2D eigenvalue weighted by Crippen LogP contribution is -2.34. The molecule has 0 bridgehead atoms. The van der Waals surface area contributed by atoms with Crippen LogP contribution in [0.25, 0.3) is 0 Å². The SMILES string of the molecule is CC(C)(C)OC(=O)NCCOCCS(=O)(=O)F. The molecule has 0 aromatic carbocycles. The molecule has 0 aromatic heterocycles. The average Bonchev–Trinajstić information content (AvgIpc) is 2.06. The predicted molar refractivity (Wildman–Crippen MR) is 60.0 cm³/mol. The van der Waals surface area contributed by atoms with Gasteiger partial charge in [0.2, 0.25) is 0 Å². The van der Waals surface area contributed by atoms with Gasteiger partial charge in [0.1, 0.15) is 11.4 Å². The first-order chi connectivity index (χ1) is 7.60. The number of carbonyl (C=O) groups excluding carboxylic acids is 1. The summed E-state index contributed by atoms with van der Waals surface area (Å²) in [7, 11) is -4.49. The molecule has 0 unspecified atom stereocenters. The summed E-state index contributed by atoms with van der Waals surface area (Å²) >= 11 is 0. The largest absolute Gasteiger partial charge is 0.444 e. The van der Waals surface area contributed by atoms with Crippen LogP contribution in [0.2, 0.25) is 0 Å². The molecule has 0 saturated heterocycles. The van der Waals surface area contributed by atoms with Crippen molar-refractivity contribution in [3.63, 3.8) is 0 Å². The molecule has 17 heavy (non-hydrogen) atoms. The molecular weight excluding hydrogens is 253 g/mol. The van der Waals surface area contributed by atoms with Gasteiger partial charge in [0.25, 0.3) is 0 Å². The summed E-state index contributed by atoms with van der Waals surface area (Å²) in [6, 6.07) is 0. The van der Waals surface area contributed by atoms with E-state index in [2.05, 4.69) is 5.32 Å². The summed E-state index contributed by atoms with van der Waals surface area (Å²) in [5, 5.41) is 2.41. The van der Waals surface area contributed by atoms with Crippen LogP contribution in [0, 0.1) is 0 Å².